The van der Waals surface area contributed by atoms with Crippen LogP contribution in [-0.2, 0) is 13.5 Å². The first-order valence-electron chi connectivity index (χ1n) is 5.36. The van der Waals surface area contributed by atoms with Crippen LogP contribution in [0.5, 0.6) is 0 Å². The summed E-state index contributed by atoms with van der Waals surface area (Å²) in [6.07, 6.45) is 10.4. The lowest BCUT2D eigenvalue weighted by molar-refractivity contribution is 0.494. The average Bonchev–Trinajstić information content (AvgIpc) is 2.72. The minimum absolute atomic E-state index is 0.772. The number of imidazole rings is 1. The van der Waals surface area contributed by atoms with E-state index in [9.17, 15) is 0 Å². The zero-order chi connectivity index (χ0) is 9.97. The first-order valence-corrected chi connectivity index (χ1v) is 6.27. The largest absolute Gasteiger partial charge is 0.338 e. The Balaban J connectivity index is 1.80. The van der Waals surface area contributed by atoms with E-state index in [0.717, 1.165) is 17.2 Å². The van der Waals surface area contributed by atoms with Gasteiger partial charge in [0.05, 0.1) is 0 Å². The van der Waals surface area contributed by atoms with Gasteiger partial charge >= 0.3 is 0 Å². The van der Waals surface area contributed by atoms with E-state index in [0.29, 0.717) is 0 Å². The fourth-order valence-corrected chi connectivity index (χ4v) is 3.04. The van der Waals surface area contributed by atoms with E-state index in [1.165, 1.54) is 31.5 Å². The Morgan fingerprint density at radius 1 is 1.57 bits per heavy atom. The van der Waals surface area contributed by atoms with E-state index in [1.54, 1.807) is 0 Å². The molecule has 3 heteroatoms. The molecule has 0 amide bonds. The maximum Gasteiger partial charge on any atom is 0.108 e. The van der Waals surface area contributed by atoms with Crippen LogP contribution in [0.15, 0.2) is 12.4 Å². The number of nitrogens with zero attached hydrogens (tertiary/aromatic N) is 2. The molecule has 2 atom stereocenters. The molecule has 0 saturated heterocycles. The van der Waals surface area contributed by atoms with Crippen LogP contribution < -0.4 is 0 Å². The molecule has 1 heterocycles. The third-order valence-corrected chi connectivity index (χ3v) is 4.01. The first-order chi connectivity index (χ1) is 6.75. The molecule has 2 nitrogen and oxygen atoms in total. The van der Waals surface area contributed by atoms with Gasteiger partial charge in [-0.2, -0.15) is 0 Å². The lowest BCUT2D eigenvalue weighted by Crippen LogP contribution is -2.02. The van der Waals surface area contributed by atoms with Crippen molar-refractivity contribution in [3.05, 3.63) is 18.2 Å². The molecule has 2 unspecified atom stereocenters. The summed E-state index contributed by atoms with van der Waals surface area (Å²) in [5.41, 5.74) is 0. The molecular weight excluding hydrogens is 240 g/mol. The van der Waals surface area contributed by atoms with Gasteiger partial charge in [0.25, 0.3) is 0 Å². The normalized spacial score (nSPS) is 27.0. The second-order valence-corrected chi connectivity index (χ2v) is 5.56. The fraction of sp³-hybridized carbons (Fsp3) is 0.727. The second kappa shape index (κ2) is 4.47. The van der Waals surface area contributed by atoms with Crippen molar-refractivity contribution in [2.75, 3.05) is 0 Å². The molecule has 1 saturated carbocycles. The number of hydrogen-bond donors (Lipinski definition) is 0. The smallest absolute Gasteiger partial charge is 0.108 e. The van der Waals surface area contributed by atoms with Crippen molar-refractivity contribution in [2.24, 2.45) is 13.0 Å². The van der Waals surface area contributed by atoms with Gasteiger partial charge in [-0.05, 0) is 31.6 Å². The quantitative estimate of drug-likeness (QED) is 0.761. The van der Waals surface area contributed by atoms with Crippen LogP contribution in [0.25, 0.3) is 0 Å². The summed E-state index contributed by atoms with van der Waals surface area (Å²) in [5.74, 6) is 2.14. The van der Waals surface area contributed by atoms with E-state index in [2.05, 4.69) is 32.5 Å². The van der Waals surface area contributed by atoms with Crippen LogP contribution in [0.1, 0.15) is 31.5 Å². The summed E-state index contributed by atoms with van der Waals surface area (Å²) < 4.78 is 2.13. The standard InChI is InChI=1S/C11H17BrN2/c1-14-7-6-13-11(14)5-3-9-2-4-10(12)8-9/h6-7,9-10H,2-5,8H2,1H3. The number of alkyl halides is 1. The maximum absolute atomic E-state index is 4.35. The Kier molecular flexibility index (Phi) is 3.26. The highest BCUT2D eigenvalue weighted by Crippen LogP contribution is 2.33. The summed E-state index contributed by atoms with van der Waals surface area (Å²) in [7, 11) is 2.07. The highest BCUT2D eigenvalue weighted by Gasteiger charge is 2.22. The molecule has 0 radical (unpaired) electrons. The van der Waals surface area contributed by atoms with Gasteiger partial charge in [0.15, 0.2) is 0 Å². The lowest BCUT2D eigenvalue weighted by atomic mass is 10.0. The Morgan fingerprint density at radius 2 is 2.43 bits per heavy atom. The number of hydrogen-bond acceptors (Lipinski definition) is 1. The van der Waals surface area contributed by atoms with Gasteiger partial charge in [-0.1, -0.05) is 15.9 Å². The van der Waals surface area contributed by atoms with Crippen molar-refractivity contribution >= 4 is 15.9 Å². The van der Waals surface area contributed by atoms with Crippen LogP contribution in [0.3, 0.4) is 0 Å². The lowest BCUT2D eigenvalue weighted by Gasteiger charge is -2.08. The van der Waals surface area contributed by atoms with E-state index >= 15 is 0 Å². The Labute approximate surface area is 93.9 Å². The van der Waals surface area contributed by atoms with Gasteiger partial charge in [-0.25, -0.2) is 4.98 Å². The molecule has 0 aliphatic heterocycles. The second-order valence-electron chi connectivity index (χ2n) is 4.27. The summed E-state index contributed by atoms with van der Waals surface area (Å²) in [6.45, 7) is 0. The van der Waals surface area contributed by atoms with E-state index in [1.807, 2.05) is 12.4 Å². The van der Waals surface area contributed by atoms with Gasteiger partial charge in [0.2, 0.25) is 0 Å². The van der Waals surface area contributed by atoms with Crippen LogP contribution in [0, 0.1) is 5.92 Å². The van der Waals surface area contributed by atoms with E-state index in [4.69, 9.17) is 0 Å². The summed E-state index contributed by atoms with van der Waals surface area (Å²) in [6, 6.07) is 0. The van der Waals surface area contributed by atoms with Crippen LogP contribution in [-0.4, -0.2) is 14.4 Å². The predicted molar refractivity (Wildman–Crippen MR) is 61.6 cm³/mol. The predicted octanol–water partition coefficient (Wildman–Crippen LogP) is 2.92. The van der Waals surface area contributed by atoms with Gasteiger partial charge in [-0.3, -0.25) is 0 Å². The minimum atomic E-state index is 0.772. The van der Waals surface area contributed by atoms with Crippen molar-refractivity contribution in [2.45, 2.75) is 36.9 Å². The van der Waals surface area contributed by atoms with Crippen LogP contribution in [0.2, 0.25) is 0 Å². The summed E-state index contributed by atoms with van der Waals surface area (Å²) in [4.78, 5) is 5.12. The van der Waals surface area contributed by atoms with Crippen LogP contribution in [0.4, 0.5) is 0 Å². The van der Waals surface area contributed by atoms with Crippen molar-refractivity contribution < 1.29 is 0 Å². The van der Waals surface area contributed by atoms with Crippen molar-refractivity contribution in [1.29, 1.82) is 0 Å². The molecule has 1 aromatic rings. The SMILES string of the molecule is Cn1ccnc1CCC1CCC(Br)C1. The zero-order valence-corrected chi connectivity index (χ0v) is 10.2. The molecule has 0 bridgehead atoms. The van der Waals surface area contributed by atoms with Gasteiger partial charge in [0.1, 0.15) is 5.82 Å². The zero-order valence-electron chi connectivity index (χ0n) is 8.62. The fourth-order valence-electron chi connectivity index (χ4n) is 2.25. The van der Waals surface area contributed by atoms with Gasteiger partial charge < -0.3 is 4.57 Å². The minimum Gasteiger partial charge on any atom is -0.338 e. The Hall–Kier alpha value is -0.310. The van der Waals surface area contributed by atoms with E-state index < -0.39 is 0 Å². The van der Waals surface area contributed by atoms with Crippen molar-refractivity contribution in [1.82, 2.24) is 9.55 Å². The van der Waals surface area contributed by atoms with Gasteiger partial charge in [0, 0.05) is 30.7 Å². The number of rotatable bonds is 3. The molecule has 1 aliphatic rings. The molecule has 14 heavy (non-hydrogen) atoms. The molecule has 0 N–H and O–H groups in total. The highest BCUT2D eigenvalue weighted by atomic mass is 79.9. The Bertz CT molecular complexity index is 295. The Morgan fingerprint density at radius 3 is 3.00 bits per heavy atom. The molecule has 1 aromatic heterocycles. The van der Waals surface area contributed by atoms with Crippen LogP contribution >= 0.6 is 15.9 Å². The molecule has 1 fully saturated rings. The first kappa shape index (κ1) is 10.2. The highest BCUT2D eigenvalue weighted by molar-refractivity contribution is 9.09. The monoisotopic (exact) mass is 256 g/mol. The molecular formula is C11H17BrN2. The maximum atomic E-state index is 4.35. The summed E-state index contributed by atoms with van der Waals surface area (Å²) in [5, 5.41) is 0. The molecule has 78 valence electrons. The topological polar surface area (TPSA) is 17.8 Å². The average molecular weight is 257 g/mol. The number of halogens is 1. The molecule has 1 aliphatic carbocycles. The summed E-state index contributed by atoms with van der Waals surface area (Å²) >= 11 is 3.69. The number of aryl methyl sites for hydroxylation is 2. The molecule has 2 rings (SSSR count). The molecule has 0 aromatic carbocycles. The van der Waals surface area contributed by atoms with Crippen molar-refractivity contribution in [3.8, 4) is 0 Å². The number of aromatic nitrogens is 2. The van der Waals surface area contributed by atoms with E-state index in [-0.39, 0.29) is 0 Å². The van der Waals surface area contributed by atoms with Gasteiger partial charge in [-0.15, -0.1) is 0 Å². The third kappa shape index (κ3) is 2.38. The molecule has 0 spiro atoms. The third-order valence-electron chi connectivity index (χ3n) is 3.17. The van der Waals surface area contributed by atoms with Crippen molar-refractivity contribution in [3.63, 3.8) is 0 Å².